The van der Waals surface area contributed by atoms with Gasteiger partial charge in [-0.15, -0.1) is 0 Å². The molecule has 0 heterocycles. The molecule has 2 rings (SSSR count). The Kier molecular flexibility index (Phi) is 6.52. The molecule has 0 saturated heterocycles. The van der Waals surface area contributed by atoms with E-state index in [1.807, 2.05) is 30.3 Å². The lowest BCUT2D eigenvalue weighted by atomic mass is 10.1. The van der Waals surface area contributed by atoms with Crippen molar-refractivity contribution in [2.75, 3.05) is 6.54 Å². The molecule has 0 fully saturated rings. The SMILES string of the molecule is O=C(CC(=O)N/N=C\c1ccccc1O)NCCc1ccccc1. The Labute approximate surface area is 140 Å². The summed E-state index contributed by atoms with van der Waals surface area (Å²) in [6, 6.07) is 16.4. The number of nitrogens with zero attached hydrogens (tertiary/aromatic N) is 1. The van der Waals surface area contributed by atoms with Gasteiger partial charge in [-0.1, -0.05) is 42.5 Å². The van der Waals surface area contributed by atoms with Crippen molar-refractivity contribution in [3.05, 3.63) is 65.7 Å². The van der Waals surface area contributed by atoms with Gasteiger partial charge in [-0.2, -0.15) is 5.10 Å². The fourth-order valence-electron chi connectivity index (χ4n) is 2.01. The first-order valence-corrected chi connectivity index (χ1v) is 7.55. The van der Waals surface area contributed by atoms with E-state index in [-0.39, 0.29) is 18.1 Å². The van der Waals surface area contributed by atoms with Gasteiger partial charge < -0.3 is 10.4 Å². The largest absolute Gasteiger partial charge is 0.507 e. The summed E-state index contributed by atoms with van der Waals surface area (Å²) in [6.45, 7) is 0.470. The Morgan fingerprint density at radius 3 is 2.46 bits per heavy atom. The number of phenols is 1. The number of rotatable bonds is 7. The molecule has 3 N–H and O–H groups in total. The minimum absolute atomic E-state index is 0.0640. The van der Waals surface area contributed by atoms with E-state index >= 15 is 0 Å². The number of para-hydroxylation sites is 1. The molecule has 0 aliphatic heterocycles. The highest BCUT2D eigenvalue weighted by Gasteiger charge is 2.08. The Morgan fingerprint density at radius 2 is 1.71 bits per heavy atom. The van der Waals surface area contributed by atoms with Crippen LogP contribution in [0.5, 0.6) is 5.75 Å². The molecule has 0 unspecified atom stereocenters. The predicted molar refractivity (Wildman–Crippen MR) is 91.6 cm³/mol. The minimum Gasteiger partial charge on any atom is -0.507 e. The number of hydrogen-bond acceptors (Lipinski definition) is 4. The van der Waals surface area contributed by atoms with Gasteiger partial charge in [0.2, 0.25) is 11.8 Å². The lowest BCUT2D eigenvalue weighted by Gasteiger charge is -2.04. The minimum atomic E-state index is -0.515. The number of hydrazone groups is 1. The smallest absolute Gasteiger partial charge is 0.249 e. The second-order valence-corrected chi connectivity index (χ2v) is 5.11. The third-order valence-corrected chi connectivity index (χ3v) is 3.23. The van der Waals surface area contributed by atoms with Crippen LogP contribution >= 0.6 is 0 Å². The van der Waals surface area contributed by atoms with E-state index < -0.39 is 5.91 Å². The van der Waals surface area contributed by atoms with Crippen LogP contribution in [0.1, 0.15) is 17.5 Å². The third kappa shape index (κ3) is 5.92. The summed E-state index contributed by atoms with van der Waals surface area (Å²) >= 11 is 0. The quantitative estimate of drug-likeness (QED) is 0.410. The van der Waals surface area contributed by atoms with Crippen molar-refractivity contribution in [3.8, 4) is 5.75 Å². The number of benzene rings is 2. The van der Waals surface area contributed by atoms with Crippen molar-refractivity contribution in [1.29, 1.82) is 0 Å². The molecule has 0 aromatic heterocycles. The lowest BCUT2D eigenvalue weighted by molar-refractivity contribution is -0.129. The average Bonchev–Trinajstić information content (AvgIpc) is 2.57. The lowest BCUT2D eigenvalue weighted by Crippen LogP contribution is -2.31. The zero-order chi connectivity index (χ0) is 17.2. The summed E-state index contributed by atoms with van der Waals surface area (Å²) in [4.78, 5) is 23.3. The van der Waals surface area contributed by atoms with Crippen molar-refractivity contribution in [1.82, 2.24) is 10.7 Å². The summed E-state index contributed by atoms with van der Waals surface area (Å²) in [6.07, 6.45) is 1.73. The van der Waals surface area contributed by atoms with Gasteiger partial charge in [0.15, 0.2) is 0 Å². The van der Waals surface area contributed by atoms with Crippen molar-refractivity contribution in [2.24, 2.45) is 5.10 Å². The Hall–Kier alpha value is -3.15. The molecule has 0 saturated carbocycles. The molecule has 6 nitrogen and oxygen atoms in total. The van der Waals surface area contributed by atoms with Crippen LogP contribution in [0.2, 0.25) is 0 Å². The number of phenolic OH excluding ortho intramolecular Hbond substituents is 1. The van der Waals surface area contributed by atoms with Gasteiger partial charge >= 0.3 is 0 Å². The van der Waals surface area contributed by atoms with Gasteiger partial charge in [0.25, 0.3) is 0 Å². The van der Waals surface area contributed by atoms with Crippen molar-refractivity contribution >= 4 is 18.0 Å². The van der Waals surface area contributed by atoms with Crippen LogP contribution in [0, 0.1) is 0 Å². The maximum Gasteiger partial charge on any atom is 0.249 e. The Bertz CT molecular complexity index is 714. The number of hydrogen-bond donors (Lipinski definition) is 3. The molecular formula is C18H19N3O3. The van der Waals surface area contributed by atoms with E-state index in [2.05, 4.69) is 15.8 Å². The summed E-state index contributed by atoms with van der Waals surface area (Å²) in [5.41, 5.74) is 3.85. The predicted octanol–water partition coefficient (Wildman–Crippen LogP) is 1.59. The Balaban J connectivity index is 1.68. The number of carbonyl (C=O) groups is 2. The molecule has 0 bridgehead atoms. The van der Waals surface area contributed by atoms with Crippen LogP contribution in [0.25, 0.3) is 0 Å². The second kappa shape index (κ2) is 9.09. The highest BCUT2D eigenvalue weighted by Crippen LogP contribution is 2.12. The third-order valence-electron chi connectivity index (χ3n) is 3.23. The van der Waals surface area contributed by atoms with Gasteiger partial charge in [0.1, 0.15) is 12.2 Å². The van der Waals surface area contributed by atoms with E-state index in [1.165, 1.54) is 12.3 Å². The summed E-state index contributed by atoms with van der Waals surface area (Å²) in [7, 11) is 0. The summed E-state index contributed by atoms with van der Waals surface area (Å²) < 4.78 is 0. The van der Waals surface area contributed by atoms with Crippen LogP contribution < -0.4 is 10.7 Å². The molecule has 0 atom stereocenters. The highest BCUT2D eigenvalue weighted by molar-refractivity contribution is 5.97. The molecular weight excluding hydrogens is 306 g/mol. The molecule has 0 radical (unpaired) electrons. The number of aromatic hydroxyl groups is 1. The molecule has 2 amide bonds. The van der Waals surface area contributed by atoms with Crippen molar-refractivity contribution in [3.63, 3.8) is 0 Å². The van der Waals surface area contributed by atoms with E-state index in [1.54, 1.807) is 18.2 Å². The fraction of sp³-hybridized carbons (Fsp3) is 0.167. The molecule has 2 aromatic rings. The van der Waals surface area contributed by atoms with E-state index in [4.69, 9.17) is 0 Å². The Morgan fingerprint density at radius 1 is 1.00 bits per heavy atom. The number of amides is 2. The molecule has 124 valence electrons. The molecule has 0 aliphatic carbocycles. The van der Waals surface area contributed by atoms with Gasteiger partial charge in [-0.3, -0.25) is 9.59 Å². The first-order chi connectivity index (χ1) is 11.6. The van der Waals surface area contributed by atoms with E-state index in [0.717, 1.165) is 5.56 Å². The van der Waals surface area contributed by atoms with Gasteiger partial charge in [0, 0.05) is 12.1 Å². The molecule has 2 aromatic carbocycles. The standard InChI is InChI=1S/C18H19N3O3/c22-16-9-5-4-8-15(16)13-20-21-18(24)12-17(23)19-11-10-14-6-2-1-3-7-14/h1-9,13,22H,10-12H2,(H,19,23)(H,21,24)/b20-13-. The van der Waals surface area contributed by atoms with Crippen LogP contribution in [0.4, 0.5) is 0 Å². The highest BCUT2D eigenvalue weighted by atomic mass is 16.3. The molecule has 0 spiro atoms. The van der Waals surface area contributed by atoms with Crippen LogP contribution in [-0.4, -0.2) is 29.7 Å². The average molecular weight is 325 g/mol. The van der Waals surface area contributed by atoms with E-state index in [0.29, 0.717) is 18.5 Å². The molecule has 0 aliphatic rings. The van der Waals surface area contributed by atoms with Crippen LogP contribution in [-0.2, 0) is 16.0 Å². The second-order valence-electron chi connectivity index (χ2n) is 5.11. The summed E-state index contributed by atoms with van der Waals surface area (Å²) in [5.74, 6) is -0.811. The number of nitrogens with one attached hydrogen (secondary N) is 2. The van der Waals surface area contributed by atoms with Crippen molar-refractivity contribution < 1.29 is 14.7 Å². The maximum absolute atomic E-state index is 11.7. The summed E-state index contributed by atoms with van der Waals surface area (Å²) in [5, 5.41) is 16.0. The zero-order valence-corrected chi connectivity index (χ0v) is 13.1. The molecule has 24 heavy (non-hydrogen) atoms. The molecule has 6 heteroatoms. The monoisotopic (exact) mass is 325 g/mol. The van der Waals surface area contributed by atoms with Gasteiger partial charge in [0.05, 0.1) is 6.21 Å². The first-order valence-electron chi connectivity index (χ1n) is 7.55. The first kappa shape index (κ1) is 17.2. The fourth-order valence-corrected chi connectivity index (χ4v) is 2.01. The maximum atomic E-state index is 11.7. The zero-order valence-electron chi connectivity index (χ0n) is 13.1. The normalized spacial score (nSPS) is 10.5. The van der Waals surface area contributed by atoms with Crippen LogP contribution in [0.15, 0.2) is 59.7 Å². The topological polar surface area (TPSA) is 90.8 Å². The van der Waals surface area contributed by atoms with Gasteiger partial charge in [-0.25, -0.2) is 5.43 Å². The van der Waals surface area contributed by atoms with Crippen molar-refractivity contribution in [2.45, 2.75) is 12.8 Å². The van der Waals surface area contributed by atoms with E-state index in [9.17, 15) is 14.7 Å². The van der Waals surface area contributed by atoms with Crippen LogP contribution in [0.3, 0.4) is 0 Å². The number of carbonyl (C=O) groups excluding carboxylic acids is 2. The van der Waals surface area contributed by atoms with Gasteiger partial charge in [-0.05, 0) is 24.1 Å².